The number of hydrogen-bond donors (Lipinski definition) is 2. The van der Waals surface area contributed by atoms with Gasteiger partial charge in [0.05, 0.1) is 0 Å². The van der Waals surface area contributed by atoms with E-state index >= 15 is 0 Å². The monoisotopic (exact) mass is 274 g/mol. The normalized spacial score (nSPS) is 10.3. The minimum atomic E-state index is -0.170. The summed E-state index contributed by atoms with van der Waals surface area (Å²) in [5.74, 6) is 0.203. The van der Waals surface area contributed by atoms with Gasteiger partial charge in [-0.25, -0.2) is 0 Å². The van der Waals surface area contributed by atoms with Crippen molar-refractivity contribution in [3.8, 4) is 0 Å². The highest BCUT2D eigenvalue weighted by Crippen LogP contribution is 2.19. The van der Waals surface area contributed by atoms with E-state index in [4.69, 9.17) is 4.42 Å². The van der Waals surface area contributed by atoms with Crippen LogP contribution < -0.4 is 10.6 Å². The molecule has 2 N–H and O–H groups in total. The smallest absolute Gasteiger partial charge is 0.287 e. The third-order valence-electron chi connectivity index (χ3n) is 1.93. The molecule has 0 bridgehead atoms. The van der Waals surface area contributed by atoms with Crippen LogP contribution in [0.3, 0.4) is 0 Å². The van der Waals surface area contributed by atoms with Gasteiger partial charge >= 0.3 is 0 Å². The fraction of sp³-hybridized carbons (Fsp3) is 0.500. The molecule has 0 unspecified atom stereocenters. The van der Waals surface area contributed by atoms with E-state index in [1.807, 2.05) is 13.8 Å². The molecule has 5 heteroatoms. The molecule has 1 amide bonds. The van der Waals surface area contributed by atoms with Gasteiger partial charge in [-0.05, 0) is 35.5 Å². The van der Waals surface area contributed by atoms with Gasteiger partial charge in [0.15, 0.2) is 10.4 Å². The first kappa shape index (κ1) is 12.3. The van der Waals surface area contributed by atoms with Crippen molar-refractivity contribution in [2.75, 3.05) is 19.6 Å². The highest BCUT2D eigenvalue weighted by molar-refractivity contribution is 9.10. The molecule has 0 radical (unpaired) electrons. The zero-order valence-electron chi connectivity index (χ0n) is 8.89. The van der Waals surface area contributed by atoms with Crippen molar-refractivity contribution < 1.29 is 9.21 Å². The summed E-state index contributed by atoms with van der Waals surface area (Å²) in [7, 11) is 0. The Hall–Kier alpha value is -0.810. The average molecular weight is 275 g/mol. The molecule has 1 rings (SSSR count). The lowest BCUT2D eigenvalue weighted by molar-refractivity contribution is 0.0924. The Labute approximate surface area is 97.5 Å². The lowest BCUT2D eigenvalue weighted by atomic mass is 10.3. The summed E-state index contributed by atoms with van der Waals surface area (Å²) in [5, 5.41) is 5.89. The highest BCUT2D eigenvalue weighted by atomic mass is 79.9. The Morgan fingerprint density at radius 3 is 2.80 bits per heavy atom. The molecule has 0 saturated carbocycles. The van der Waals surface area contributed by atoms with Crippen molar-refractivity contribution in [2.45, 2.75) is 13.8 Å². The van der Waals surface area contributed by atoms with Crippen molar-refractivity contribution in [1.29, 1.82) is 0 Å². The van der Waals surface area contributed by atoms with E-state index in [9.17, 15) is 4.79 Å². The van der Waals surface area contributed by atoms with E-state index in [1.54, 1.807) is 6.07 Å². The molecular formula is C10H15BrN2O2. The Morgan fingerprint density at radius 1 is 1.53 bits per heavy atom. The van der Waals surface area contributed by atoms with E-state index in [2.05, 4.69) is 26.6 Å². The SMILES string of the molecule is CCNCCNC(=O)c1oc(Br)cc1C. The van der Waals surface area contributed by atoms with Gasteiger partial charge in [0.2, 0.25) is 0 Å². The first-order chi connectivity index (χ1) is 7.15. The van der Waals surface area contributed by atoms with Crippen LogP contribution in [-0.4, -0.2) is 25.5 Å². The summed E-state index contributed by atoms with van der Waals surface area (Å²) in [4.78, 5) is 11.6. The summed E-state index contributed by atoms with van der Waals surface area (Å²) in [6.07, 6.45) is 0. The summed E-state index contributed by atoms with van der Waals surface area (Å²) in [6, 6.07) is 1.78. The maximum absolute atomic E-state index is 11.6. The zero-order chi connectivity index (χ0) is 11.3. The number of likely N-dealkylation sites (N-methyl/N-ethyl adjacent to an activating group) is 1. The van der Waals surface area contributed by atoms with Crippen LogP contribution in [0.1, 0.15) is 23.0 Å². The molecule has 1 aromatic rings. The molecule has 1 heterocycles. The molecule has 1 aromatic heterocycles. The van der Waals surface area contributed by atoms with Gasteiger partial charge in [-0.1, -0.05) is 6.92 Å². The number of furan rings is 1. The third-order valence-corrected chi connectivity index (χ3v) is 2.32. The number of carbonyl (C=O) groups is 1. The van der Waals surface area contributed by atoms with Crippen LogP contribution in [0.25, 0.3) is 0 Å². The van der Waals surface area contributed by atoms with Gasteiger partial charge in [-0.3, -0.25) is 4.79 Å². The summed E-state index contributed by atoms with van der Waals surface area (Å²) < 4.78 is 5.80. The molecule has 4 nitrogen and oxygen atoms in total. The lowest BCUT2D eigenvalue weighted by Crippen LogP contribution is -2.31. The third kappa shape index (κ3) is 3.68. The topological polar surface area (TPSA) is 54.3 Å². The van der Waals surface area contributed by atoms with Gasteiger partial charge in [0.1, 0.15) is 0 Å². The van der Waals surface area contributed by atoms with E-state index in [-0.39, 0.29) is 5.91 Å². The minimum absolute atomic E-state index is 0.170. The molecule has 0 aliphatic rings. The van der Waals surface area contributed by atoms with Crippen molar-refractivity contribution in [1.82, 2.24) is 10.6 Å². The van der Waals surface area contributed by atoms with Crippen LogP contribution in [0.4, 0.5) is 0 Å². The van der Waals surface area contributed by atoms with E-state index in [0.717, 1.165) is 18.7 Å². The molecule has 0 aliphatic heterocycles. The number of nitrogens with one attached hydrogen (secondary N) is 2. The predicted molar refractivity (Wildman–Crippen MR) is 62.0 cm³/mol. The van der Waals surface area contributed by atoms with E-state index in [0.29, 0.717) is 17.0 Å². The van der Waals surface area contributed by atoms with Crippen LogP contribution >= 0.6 is 15.9 Å². The second-order valence-electron chi connectivity index (χ2n) is 3.17. The molecule has 0 fully saturated rings. The number of amides is 1. The number of rotatable bonds is 5. The minimum Gasteiger partial charge on any atom is -0.444 e. The molecule has 15 heavy (non-hydrogen) atoms. The van der Waals surface area contributed by atoms with Crippen molar-refractivity contribution in [3.63, 3.8) is 0 Å². The molecule has 0 atom stereocenters. The standard InChI is InChI=1S/C10H15BrN2O2/c1-3-12-4-5-13-10(14)9-7(2)6-8(11)15-9/h6,12H,3-5H2,1-2H3,(H,13,14). The van der Waals surface area contributed by atoms with Crippen molar-refractivity contribution >= 4 is 21.8 Å². The first-order valence-corrected chi connectivity index (χ1v) is 5.69. The number of aryl methyl sites for hydroxylation is 1. The van der Waals surface area contributed by atoms with Gasteiger partial charge < -0.3 is 15.1 Å². The molecule has 0 aliphatic carbocycles. The van der Waals surface area contributed by atoms with Crippen LogP contribution in [-0.2, 0) is 0 Å². The van der Waals surface area contributed by atoms with Crippen LogP contribution in [0.2, 0.25) is 0 Å². The lowest BCUT2D eigenvalue weighted by Gasteiger charge is -2.03. The van der Waals surface area contributed by atoms with Crippen molar-refractivity contribution in [2.24, 2.45) is 0 Å². The van der Waals surface area contributed by atoms with Crippen LogP contribution in [0.15, 0.2) is 15.2 Å². The molecule has 0 saturated heterocycles. The second kappa shape index (κ2) is 5.92. The molecule has 0 spiro atoms. The van der Waals surface area contributed by atoms with Gasteiger partial charge in [0.25, 0.3) is 5.91 Å². The Kier molecular flexibility index (Phi) is 4.84. The summed E-state index contributed by atoms with van der Waals surface area (Å²) in [6.45, 7) is 6.14. The zero-order valence-corrected chi connectivity index (χ0v) is 10.5. The van der Waals surface area contributed by atoms with E-state index < -0.39 is 0 Å². The largest absolute Gasteiger partial charge is 0.444 e. The maximum atomic E-state index is 11.6. The Bertz CT molecular complexity index is 336. The quantitative estimate of drug-likeness (QED) is 0.804. The van der Waals surface area contributed by atoms with Gasteiger partial charge in [0, 0.05) is 18.7 Å². The Morgan fingerprint density at radius 2 is 2.27 bits per heavy atom. The van der Waals surface area contributed by atoms with Gasteiger partial charge in [-0.2, -0.15) is 0 Å². The molecule has 0 aromatic carbocycles. The highest BCUT2D eigenvalue weighted by Gasteiger charge is 2.13. The molecular weight excluding hydrogens is 260 g/mol. The fourth-order valence-electron chi connectivity index (χ4n) is 1.19. The maximum Gasteiger partial charge on any atom is 0.287 e. The average Bonchev–Trinajstić information content (AvgIpc) is 2.52. The predicted octanol–water partition coefficient (Wildman–Crippen LogP) is 1.69. The first-order valence-electron chi connectivity index (χ1n) is 4.90. The Balaban J connectivity index is 2.43. The number of halogens is 1. The number of carbonyl (C=O) groups excluding carboxylic acids is 1. The van der Waals surface area contributed by atoms with Crippen LogP contribution in [0, 0.1) is 6.92 Å². The van der Waals surface area contributed by atoms with E-state index in [1.165, 1.54) is 0 Å². The summed E-state index contributed by atoms with van der Waals surface area (Å²) in [5.41, 5.74) is 0.836. The fourth-order valence-corrected chi connectivity index (χ4v) is 1.70. The van der Waals surface area contributed by atoms with Crippen molar-refractivity contribution in [3.05, 3.63) is 22.1 Å². The number of hydrogen-bond acceptors (Lipinski definition) is 3. The van der Waals surface area contributed by atoms with Crippen LogP contribution in [0.5, 0.6) is 0 Å². The summed E-state index contributed by atoms with van der Waals surface area (Å²) >= 11 is 3.19. The van der Waals surface area contributed by atoms with Gasteiger partial charge in [-0.15, -0.1) is 0 Å². The second-order valence-corrected chi connectivity index (χ2v) is 3.95. The molecule has 84 valence electrons.